The van der Waals surface area contributed by atoms with Crippen LogP contribution in [-0.2, 0) is 9.53 Å². The minimum Gasteiger partial charge on any atom is -0.449 e. The first-order chi connectivity index (χ1) is 12.9. The highest BCUT2D eigenvalue weighted by molar-refractivity contribution is 8.19. The van der Waals surface area contributed by atoms with Crippen molar-refractivity contribution in [3.05, 3.63) is 64.7 Å². The van der Waals surface area contributed by atoms with Crippen molar-refractivity contribution < 1.29 is 14.3 Å². The molecule has 1 atom stereocenters. The number of hydrogen-bond donors (Lipinski definition) is 1. The predicted molar refractivity (Wildman–Crippen MR) is 114 cm³/mol. The fraction of sp³-hybridized carbons (Fsp3) is 0.333. The number of thioether (sulfide) groups is 2. The third-order valence-corrected chi connectivity index (χ3v) is 7.45. The van der Waals surface area contributed by atoms with Gasteiger partial charge in [-0.05, 0) is 55.7 Å². The van der Waals surface area contributed by atoms with Gasteiger partial charge in [0, 0.05) is 17.2 Å². The van der Waals surface area contributed by atoms with E-state index in [0.717, 1.165) is 28.3 Å². The van der Waals surface area contributed by atoms with Crippen molar-refractivity contribution in [2.24, 2.45) is 0 Å². The maximum Gasteiger partial charge on any atom is 0.338 e. The van der Waals surface area contributed by atoms with Gasteiger partial charge in [-0.1, -0.05) is 24.3 Å². The standard InChI is InChI=1S/C21H23NO3S2/c1-13-4-5-14(2)18(12-13)22-19(23)15(3)25-20(24)16-6-8-17(9-7-16)21-26-10-11-27-21/h4-9,12,15,21H,10-11H2,1-3H3,(H,22,23)/t15-/m0/s1. The summed E-state index contributed by atoms with van der Waals surface area (Å²) >= 11 is 3.84. The zero-order chi connectivity index (χ0) is 19.4. The summed E-state index contributed by atoms with van der Waals surface area (Å²) in [6.07, 6.45) is -0.877. The maximum atomic E-state index is 12.4. The zero-order valence-corrected chi connectivity index (χ0v) is 17.3. The first-order valence-corrected chi connectivity index (χ1v) is 11.0. The van der Waals surface area contributed by atoms with Crippen LogP contribution in [0.2, 0.25) is 0 Å². The van der Waals surface area contributed by atoms with E-state index in [1.165, 1.54) is 5.56 Å². The summed E-state index contributed by atoms with van der Waals surface area (Å²) in [6, 6.07) is 13.3. The number of esters is 1. The minimum atomic E-state index is -0.877. The summed E-state index contributed by atoms with van der Waals surface area (Å²) in [4.78, 5) is 24.7. The number of carbonyl (C=O) groups is 2. The van der Waals surface area contributed by atoms with E-state index >= 15 is 0 Å². The molecule has 3 rings (SSSR count). The van der Waals surface area contributed by atoms with Crippen LogP contribution in [0, 0.1) is 13.8 Å². The second-order valence-electron chi connectivity index (χ2n) is 6.55. The molecular formula is C21H23NO3S2. The molecule has 6 heteroatoms. The van der Waals surface area contributed by atoms with Gasteiger partial charge in [0.15, 0.2) is 6.10 Å². The molecule has 0 aliphatic carbocycles. The Bertz CT molecular complexity index is 830. The van der Waals surface area contributed by atoms with Crippen LogP contribution in [0.1, 0.15) is 38.6 Å². The molecule has 27 heavy (non-hydrogen) atoms. The van der Waals surface area contributed by atoms with Gasteiger partial charge in [0.2, 0.25) is 0 Å². The summed E-state index contributed by atoms with van der Waals surface area (Å²) in [6.45, 7) is 5.47. The SMILES string of the molecule is Cc1ccc(C)c(NC(=O)[C@H](C)OC(=O)c2ccc(C3SCCS3)cc2)c1. The first-order valence-electron chi connectivity index (χ1n) is 8.86. The number of benzene rings is 2. The van der Waals surface area contributed by atoms with Gasteiger partial charge in [-0.15, -0.1) is 23.5 Å². The third-order valence-electron chi connectivity index (χ3n) is 4.34. The van der Waals surface area contributed by atoms with Crippen LogP contribution in [0.3, 0.4) is 0 Å². The van der Waals surface area contributed by atoms with Gasteiger partial charge in [0.1, 0.15) is 0 Å². The van der Waals surface area contributed by atoms with Crippen LogP contribution in [0.4, 0.5) is 5.69 Å². The Morgan fingerprint density at radius 3 is 2.41 bits per heavy atom. The fourth-order valence-corrected chi connectivity index (χ4v) is 5.57. The smallest absolute Gasteiger partial charge is 0.338 e. The van der Waals surface area contributed by atoms with Crippen LogP contribution in [0.25, 0.3) is 0 Å². The van der Waals surface area contributed by atoms with E-state index in [1.54, 1.807) is 19.1 Å². The molecule has 0 spiro atoms. The average Bonchev–Trinajstić information content (AvgIpc) is 3.19. The van der Waals surface area contributed by atoms with Gasteiger partial charge in [0.05, 0.1) is 10.1 Å². The van der Waals surface area contributed by atoms with E-state index < -0.39 is 12.1 Å². The van der Waals surface area contributed by atoms with E-state index in [0.29, 0.717) is 10.1 Å². The molecule has 0 radical (unpaired) electrons. The van der Waals surface area contributed by atoms with Gasteiger partial charge in [-0.3, -0.25) is 4.79 Å². The van der Waals surface area contributed by atoms with Crippen molar-refractivity contribution >= 4 is 41.1 Å². The number of aryl methyl sites for hydroxylation is 2. The Hall–Kier alpha value is -1.92. The van der Waals surface area contributed by atoms with Crippen molar-refractivity contribution in [2.45, 2.75) is 31.5 Å². The van der Waals surface area contributed by atoms with E-state index in [-0.39, 0.29) is 5.91 Å². The monoisotopic (exact) mass is 401 g/mol. The molecule has 1 aliphatic heterocycles. The number of amides is 1. The highest BCUT2D eigenvalue weighted by Gasteiger charge is 2.21. The number of rotatable bonds is 5. The Kier molecular flexibility index (Phi) is 6.50. The van der Waals surface area contributed by atoms with Crippen molar-refractivity contribution in [1.29, 1.82) is 0 Å². The molecule has 1 amide bonds. The lowest BCUT2D eigenvalue weighted by atomic mass is 10.1. The van der Waals surface area contributed by atoms with E-state index in [4.69, 9.17) is 4.74 Å². The molecule has 2 aromatic rings. The molecule has 2 aromatic carbocycles. The van der Waals surface area contributed by atoms with Crippen LogP contribution >= 0.6 is 23.5 Å². The lowest BCUT2D eigenvalue weighted by Crippen LogP contribution is -2.30. The van der Waals surface area contributed by atoms with Gasteiger partial charge >= 0.3 is 5.97 Å². The van der Waals surface area contributed by atoms with E-state index in [1.807, 2.05) is 67.7 Å². The van der Waals surface area contributed by atoms with E-state index in [9.17, 15) is 9.59 Å². The van der Waals surface area contributed by atoms with Gasteiger partial charge in [-0.2, -0.15) is 0 Å². The molecule has 1 fully saturated rings. The van der Waals surface area contributed by atoms with Crippen LogP contribution in [-0.4, -0.2) is 29.5 Å². The Morgan fingerprint density at radius 2 is 1.74 bits per heavy atom. The Morgan fingerprint density at radius 1 is 1.07 bits per heavy atom. The maximum absolute atomic E-state index is 12.4. The highest BCUT2D eigenvalue weighted by atomic mass is 32.2. The summed E-state index contributed by atoms with van der Waals surface area (Å²) in [5.74, 6) is 1.49. The fourth-order valence-electron chi connectivity index (χ4n) is 2.71. The first kappa shape index (κ1) is 19.8. The summed E-state index contributed by atoms with van der Waals surface area (Å²) in [7, 11) is 0. The zero-order valence-electron chi connectivity index (χ0n) is 15.7. The van der Waals surface area contributed by atoms with Gasteiger partial charge in [0.25, 0.3) is 5.91 Å². The highest BCUT2D eigenvalue weighted by Crippen LogP contribution is 2.45. The average molecular weight is 402 g/mol. The van der Waals surface area contributed by atoms with Crippen LogP contribution < -0.4 is 5.32 Å². The second kappa shape index (κ2) is 8.85. The Labute approximate surface area is 168 Å². The molecule has 1 N–H and O–H groups in total. The minimum absolute atomic E-state index is 0.340. The third kappa shape index (κ3) is 5.08. The summed E-state index contributed by atoms with van der Waals surface area (Å²) in [5.41, 5.74) is 4.42. The molecule has 0 aromatic heterocycles. The molecule has 0 saturated carbocycles. The molecule has 0 unspecified atom stereocenters. The second-order valence-corrected chi connectivity index (χ2v) is 9.28. The van der Waals surface area contributed by atoms with Gasteiger partial charge < -0.3 is 10.1 Å². The quantitative estimate of drug-likeness (QED) is 0.717. The largest absolute Gasteiger partial charge is 0.449 e. The van der Waals surface area contributed by atoms with Crippen LogP contribution in [0.15, 0.2) is 42.5 Å². The number of nitrogens with one attached hydrogen (secondary N) is 1. The molecule has 1 aliphatic rings. The predicted octanol–water partition coefficient (Wildman–Crippen LogP) is 4.97. The van der Waals surface area contributed by atoms with Crippen molar-refractivity contribution in [3.63, 3.8) is 0 Å². The van der Waals surface area contributed by atoms with Gasteiger partial charge in [-0.25, -0.2) is 4.79 Å². The number of anilines is 1. The molecule has 0 bridgehead atoms. The molecule has 4 nitrogen and oxygen atoms in total. The number of carbonyl (C=O) groups excluding carboxylic acids is 2. The van der Waals surface area contributed by atoms with Crippen LogP contribution in [0.5, 0.6) is 0 Å². The number of ether oxygens (including phenoxy) is 1. The topological polar surface area (TPSA) is 55.4 Å². The van der Waals surface area contributed by atoms with Crippen molar-refractivity contribution in [1.82, 2.24) is 0 Å². The number of hydrogen-bond acceptors (Lipinski definition) is 5. The Balaban J connectivity index is 1.59. The lowest BCUT2D eigenvalue weighted by Gasteiger charge is -2.15. The van der Waals surface area contributed by atoms with Crippen molar-refractivity contribution in [3.8, 4) is 0 Å². The van der Waals surface area contributed by atoms with Crippen molar-refractivity contribution in [2.75, 3.05) is 16.8 Å². The molecule has 142 valence electrons. The lowest BCUT2D eigenvalue weighted by molar-refractivity contribution is -0.123. The normalized spacial score (nSPS) is 15.4. The molecule has 1 saturated heterocycles. The molecular weight excluding hydrogens is 378 g/mol. The summed E-state index contributed by atoms with van der Waals surface area (Å²) < 4.78 is 5.79. The summed E-state index contributed by atoms with van der Waals surface area (Å²) in [5, 5.41) is 2.83. The van der Waals surface area contributed by atoms with E-state index in [2.05, 4.69) is 5.32 Å². The molecule has 1 heterocycles.